The van der Waals surface area contributed by atoms with Gasteiger partial charge in [0.2, 0.25) is 0 Å². The van der Waals surface area contributed by atoms with Crippen molar-refractivity contribution in [1.82, 2.24) is 4.98 Å². The van der Waals surface area contributed by atoms with E-state index in [1.807, 2.05) is 0 Å². The van der Waals surface area contributed by atoms with Gasteiger partial charge in [-0.2, -0.15) is 0 Å². The van der Waals surface area contributed by atoms with Crippen LogP contribution in [0.2, 0.25) is 0 Å². The molecule has 1 aromatic rings. The highest BCUT2D eigenvalue weighted by Gasteiger charge is 2.32. The third kappa shape index (κ3) is 2.69. The average Bonchev–Trinajstić information content (AvgIpc) is 2.17. The van der Waals surface area contributed by atoms with Crippen molar-refractivity contribution in [3.63, 3.8) is 0 Å². The van der Waals surface area contributed by atoms with Gasteiger partial charge in [-0.05, 0) is 19.9 Å². The molecule has 0 aromatic carbocycles. The van der Waals surface area contributed by atoms with Crippen molar-refractivity contribution in [2.45, 2.75) is 23.6 Å². The molecule has 0 saturated heterocycles. The molecule has 0 aliphatic heterocycles. The molecule has 86 valence electrons. The second-order valence-corrected chi connectivity index (χ2v) is 5.11. The third-order valence-corrected chi connectivity index (χ3v) is 3.01. The van der Waals surface area contributed by atoms with Gasteiger partial charge in [0.15, 0.2) is 5.03 Å². The lowest BCUT2D eigenvalue weighted by atomic mass is 10.2. The lowest BCUT2D eigenvalue weighted by molar-refractivity contribution is -0.388. The quantitative estimate of drug-likeness (QED) is 0.492. The van der Waals surface area contributed by atoms with Crippen LogP contribution in [0.3, 0.4) is 0 Å². The van der Waals surface area contributed by atoms with Crippen LogP contribution in [0.15, 0.2) is 23.4 Å². The molecule has 7 heteroatoms. The Hall–Kier alpha value is -1.63. The largest absolute Gasteiger partial charge is 0.480 e. The lowest BCUT2D eigenvalue weighted by Gasteiger charge is -2.17. The summed E-state index contributed by atoms with van der Waals surface area (Å²) in [6.07, 6.45) is 1.40. The summed E-state index contributed by atoms with van der Waals surface area (Å²) in [6, 6.07) is 2.74. The minimum absolute atomic E-state index is 0.111. The van der Waals surface area contributed by atoms with E-state index in [-0.39, 0.29) is 10.7 Å². The Labute approximate surface area is 95.8 Å². The average molecular weight is 242 g/mol. The molecular weight excluding hydrogens is 232 g/mol. The van der Waals surface area contributed by atoms with Gasteiger partial charge in [0.1, 0.15) is 4.75 Å². The monoisotopic (exact) mass is 242 g/mol. The Balaban J connectivity index is 3.06. The number of rotatable bonds is 4. The fraction of sp³-hybridized carbons (Fsp3) is 0.333. The van der Waals surface area contributed by atoms with Crippen LogP contribution in [0.5, 0.6) is 0 Å². The summed E-state index contributed by atoms with van der Waals surface area (Å²) >= 11 is 0.857. The number of thioether (sulfide) groups is 1. The molecule has 0 radical (unpaired) electrons. The van der Waals surface area contributed by atoms with Gasteiger partial charge in [0.05, 0.1) is 4.92 Å². The standard InChI is InChI=1S/C9H10N2O4S/c1-9(2,8(12)13)16-7-6(11(14)15)4-3-5-10-7/h3-5H,1-2H3,(H,12,13). The molecule has 0 unspecified atom stereocenters. The van der Waals surface area contributed by atoms with Gasteiger partial charge in [0, 0.05) is 12.3 Å². The normalized spacial score (nSPS) is 11.1. The SMILES string of the molecule is CC(C)(Sc1ncccc1[N+](=O)[O-])C(=O)O. The predicted octanol–water partition coefficient (Wildman–Crippen LogP) is 1.95. The third-order valence-electron chi connectivity index (χ3n) is 1.81. The Bertz CT molecular complexity index is 433. The number of aromatic nitrogens is 1. The van der Waals surface area contributed by atoms with Crippen LogP contribution in [-0.4, -0.2) is 25.7 Å². The number of carboxylic acids is 1. The fourth-order valence-electron chi connectivity index (χ4n) is 0.885. The first-order chi connectivity index (χ1) is 7.34. The maximum atomic E-state index is 10.9. The van der Waals surface area contributed by atoms with E-state index >= 15 is 0 Å². The summed E-state index contributed by atoms with van der Waals surface area (Å²) in [4.78, 5) is 24.8. The van der Waals surface area contributed by atoms with E-state index < -0.39 is 15.6 Å². The zero-order valence-electron chi connectivity index (χ0n) is 8.71. The number of pyridine rings is 1. The highest BCUT2D eigenvalue weighted by molar-refractivity contribution is 8.01. The molecule has 0 amide bonds. The number of carboxylic acid groups (broad SMARTS) is 1. The Morgan fingerprint density at radius 2 is 2.25 bits per heavy atom. The summed E-state index contributed by atoms with van der Waals surface area (Å²) in [5.74, 6) is -1.04. The molecule has 0 fully saturated rings. The van der Waals surface area contributed by atoms with Crippen molar-refractivity contribution in [3.05, 3.63) is 28.4 Å². The van der Waals surface area contributed by atoms with Crippen LogP contribution in [0.25, 0.3) is 0 Å². The predicted molar refractivity (Wildman–Crippen MR) is 58.5 cm³/mol. The molecule has 0 spiro atoms. The minimum Gasteiger partial charge on any atom is -0.480 e. The molecule has 0 aliphatic carbocycles. The smallest absolute Gasteiger partial charge is 0.319 e. The van der Waals surface area contributed by atoms with Crippen molar-refractivity contribution >= 4 is 23.4 Å². The fourth-order valence-corrected chi connectivity index (χ4v) is 1.82. The lowest BCUT2D eigenvalue weighted by Crippen LogP contribution is -2.27. The van der Waals surface area contributed by atoms with Crippen LogP contribution in [-0.2, 0) is 4.79 Å². The van der Waals surface area contributed by atoms with E-state index in [9.17, 15) is 14.9 Å². The Morgan fingerprint density at radius 3 is 2.75 bits per heavy atom. The molecule has 0 atom stereocenters. The van der Waals surface area contributed by atoms with Gasteiger partial charge in [-0.15, -0.1) is 0 Å². The van der Waals surface area contributed by atoms with Crippen molar-refractivity contribution in [2.24, 2.45) is 0 Å². The molecule has 1 heterocycles. The van der Waals surface area contributed by atoms with E-state index in [4.69, 9.17) is 5.11 Å². The first-order valence-corrected chi connectivity index (χ1v) is 5.18. The maximum absolute atomic E-state index is 10.9. The number of hydrogen-bond acceptors (Lipinski definition) is 5. The number of hydrogen-bond donors (Lipinski definition) is 1. The summed E-state index contributed by atoms with van der Waals surface area (Å²) in [5, 5.41) is 19.7. The Kier molecular flexibility index (Phi) is 3.48. The number of nitrogens with zero attached hydrogens (tertiary/aromatic N) is 2. The van der Waals surface area contributed by atoms with Crippen LogP contribution in [0.4, 0.5) is 5.69 Å². The molecule has 0 aliphatic rings. The maximum Gasteiger partial charge on any atom is 0.319 e. The van der Waals surface area contributed by atoms with Crippen molar-refractivity contribution < 1.29 is 14.8 Å². The van der Waals surface area contributed by atoms with Crippen LogP contribution in [0, 0.1) is 10.1 Å². The highest BCUT2D eigenvalue weighted by Crippen LogP contribution is 2.36. The summed E-state index contributed by atoms with van der Waals surface area (Å²) in [5.41, 5.74) is -0.179. The van der Waals surface area contributed by atoms with Gasteiger partial charge in [-0.3, -0.25) is 14.9 Å². The highest BCUT2D eigenvalue weighted by atomic mass is 32.2. The topological polar surface area (TPSA) is 93.3 Å². The summed E-state index contributed by atoms with van der Waals surface area (Å²) in [6.45, 7) is 2.94. The number of nitro groups is 1. The zero-order chi connectivity index (χ0) is 12.3. The van der Waals surface area contributed by atoms with E-state index in [0.717, 1.165) is 11.8 Å². The molecular formula is C9H10N2O4S. The minimum atomic E-state index is -1.15. The van der Waals surface area contributed by atoms with Crippen LogP contribution >= 0.6 is 11.8 Å². The van der Waals surface area contributed by atoms with E-state index in [0.29, 0.717) is 0 Å². The second-order valence-electron chi connectivity index (χ2n) is 3.50. The van der Waals surface area contributed by atoms with Crippen molar-refractivity contribution in [1.29, 1.82) is 0 Å². The number of carbonyl (C=O) groups is 1. The summed E-state index contributed by atoms with van der Waals surface area (Å²) < 4.78 is -1.15. The first kappa shape index (κ1) is 12.4. The van der Waals surface area contributed by atoms with Gasteiger partial charge in [0.25, 0.3) is 0 Å². The molecule has 1 N–H and O–H groups in total. The Morgan fingerprint density at radius 1 is 1.62 bits per heavy atom. The molecule has 16 heavy (non-hydrogen) atoms. The van der Waals surface area contributed by atoms with Crippen LogP contribution in [0.1, 0.15) is 13.8 Å². The van der Waals surface area contributed by atoms with Crippen LogP contribution < -0.4 is 0 Å². The van der Waals surface area contributed by atoms with Gasteiger partial charge in [-0.25, -0.2) is 4.98 Å². The van der Waals surface area contributed by atoms with E-state index in [2.05, 4.69) is 4.98 Å². The van der Waals surface area contributed by atoms with E-state index in [1.54, 1.807) is 0 Å². The van der Waals surface area contributed by atoms with Crippen molar-refractivity contribution in [2.75, 3.05) is 0 Å². The molecule has 1 aromatic heterocycles. The zero-order valence-corrected chi connectivity index (χ0v) is 9.52. The van der Waals surface area contributed by atoms with Gasteiger partial charge >= 0.3 is 11.7 Å². The number of aliphatic carboxylic acids is 1. The summed E-state index contributed by atoms with van der Waals surface area (Å²) in [7, 11) is 0. The first-order valence-electron chi connectivity index (χ1n) is 4.36. The molecule has 1 rings (SSSR count). The molecule has 0 saturated carbocycles. The van der Waals surface area contributed by atoms with E-state index in [1.165, 1.54) is 32.2 Å². The van der Waals surface area contributed by atoms with Gasteiger partial charge in [-0.1, -0.05) is 11.8 Å². The molecule has 6 nitrogen and oxygen atoms in total. The van der Waals surface area contributed by atoms with Gasteiger partial charge < -0.3 is 5.11 Å². The van der Waals surface area contributed by atoms with Crippen molar-refractivity contribution in [3.8, 4) is 0 Å². The second kappa shape index (κ2) is 4.48. The molecule has 0 bridgehead atoms.